The number of fused-ring (bicyclic) bond motifs is 1. The molecule has 2 aromatic carbocycles. The van der Waals surface area contributed by atoms with Crippen molar-refractivity contribution in [2.24, 2.45) is 0 Å². The van der Waals surface area contributed by atoms with E-state index in [-0.39, 0.29) is 11.5 Å². The molecule has 1 amide bonds. The maximum Gasteiger partial charge on any atom is 0.261 e. The van der Waals surface area contributed by atoms with E-state index < -0.39 is 0 Å². The number of amides is 1. The lowest BCUT2D eigenvalue weighted by Crippen LogP contribution is -2.32. The van der Waals surface area contributed by atoms with Gasteiger partial charge in [0.15, 0.2) is 11.5 Å². The molecule has 0 radical (unpaired) electrons. The number of hydrogen-bond donors (Lipinski definition) is 1. The van der Waals surface area contributed by atoms with Crippen molar-refractivity contribution in [1.29, 1.82) is 0 Å². The molecule has 0 bridgehead atoms. The summed E-state index contributed by atoms with van der Waals surface area (Å²) in [4.78, 5) is 29.7. The molecule has 1 N–H and O–H groups in total. The zero-order chi connectivity index (χ0) is 22.4. The molecule has 0 aliphatic carbocycles. The van der Waals surface area contributed by atoms with Gasteiger partial charge in [-0.1, -0.05) is 12.1 Å². The molecule has 0 atom stereocenters. The molecule has 1 heterocycles. The van der Waals surface area contributed by atoms with E-state index in [1.54, 1.807) is 30.7 Å². The fourth-order valence-corrected chi connectivity index (χ4v) is 3.37. The number of hydrogen-bond acceptors (Lipinski definition) is 6. The molecular weight excluding hydrogens is 398 g/mol. The van der Waals surface area contributed by atoms with E-state index in [4.69, 9.17) is 14.2 Å². The molecule has 1 aromatic heterocycles. The summed E-state index contributed by atoms with van der Waals surface area (Å²) in [6, 6.07) is 11.0. The van der Waals surface area contributed by atoms with E-state index in [9.17, 15) is 9.59 Å². The quantitative estimate of drug-likeness (QED) is 0.566. The van der Waals surface area contributed by atoms with Crippen LogP contribution in [0.4, 0.5) is 0 Å². The number of benzene rings is 2. The summed E-state index contributed by atoms with van der Waals surface area (Å²) in [6.45, 7) is 2.43. The Bertz CT molecular complexity index is 1120. The Balaban J connectivity index is 1.63. The fourth-order valence-electron chi connectivity index (χ4n) is 3.37. The first-order chi connectivity index (χ1) is 15.0. The molecule has 0 saturated carbocycles. The van der Waals surface area contributed by atoms with Gasteiger partial charge in [0.25, 0.3) is 5.56 Å². The van der Waals surface area contributed by atoms with Gasteiger partial charge in [0.05, 0.1) is 32.2 Å². The summed E-state index contributed by atoms with van der Waals surface area (Å²) in [6.07, 6.45) is 1.00. The minimum Gasteiger partial charge on any atom is -0.497 e. The normalized spacial score (nSPS) is 10.7. The zero-order valence-corrected chi connectivity index (χ0v) is 18.2. The van der Waals surface area contributed by atoms with Gasteiger partial charge < -0.3 is 19.5 Å². The van der Waals surface area contributed by atoms with Gasteiger partial charge in [-0.15, -0.1) is 0 Å². The number of aryl methyl sites for hydroxylation is 2. The summed E-state index contributed by atoms with van der Waals surface area (Å²) < 4.78 is 17.3. The number of ether oxygens (including phenoxy) is 3. The molecule has 8 heteroatoms. The smallest absolute Gasteiger partial charge is 0.261 e. The zero-order valence-electron chi connectivity index (χ0n) is 18.2. The van der Waals surface area contributed by atoms with Crippen LogP contribution in [0.5, 0.6) is 17.2 Å². The third-order valence-corrected chi connectivity index (χ3v) is 5.11. The molecule has 3 aromatic rings. The van der Waals surface area contributed by atoms with Crippen LogP contribution in [0.1, 0.15) is 17.8 Å². The highest BCUT2D eigenvalue weighted by Gasteiger charge is 2.13. The number of rotatable bonds is 9. The monoisotopic (exact) mass is 425 g/mol. The van der Waals surface area contributed by atoms with Crippen LogP contribution >= 0.6 is 0 Å². The van der Waals surface area contributed by atoms with E-state index >= 15 is 0 Å². The highest BCUT2D eigenvalue weighted by Crippen LogP contribution is 2.30. The lowest BCUT2D eigenvalue weighted by molar-refractivity contribution is -0.121. The predicted molar refractivity (Wildman–Crippen MR) is 118 cm³/mol. The topological polar surface area (TPSA) is 91.7 Å². The number of nitrogens with one attached hydrogen (secondary N) is 1. The van der Waals surface area contributed by atoms with Gasteiger partial charge in [-0.3, -0.25) is 14.2 Å². The summed E-state index contributed by atoms with van der Waals surface area (Å²) in [5.74, 6) is 2.27. The lowest BCUT2D eigenvalue weighted by atomic mass is 10.1. The van der Waals surface area contributed by atoms with Crippen molar-refractivity contribution in [3.8, 4) is 17.2 Å². The van der Waals surface area contributed by atoms with Crippen LogP contribution in [-0.2, 0) is 17.8 Å². The van der Waals surface area contributed by atoms with Crippen molar-refractivity contribution in [3.05, 3.63) is 58.1 Å². The first-order valence-corrected chi connectivity index (χ1v) is 9.99. The Morgan fingerprint density at radius 2 is 1.71 bits per heavy atom. The van der Waals surface area contributed by atoms with E-state index in [1.165, 1.54) is 14.2 Å². The Labute approximate surface area is 180 Å². The van der Waals surface area contributed by atoms with Gasteiger partial charge >= 0.3 is 0 Å². The Kier molecular flexibility index (Phi) is 7.12. The van der Waals surface area contributed by atoms with E-state index in [0.29, 0.717) is 54.2 Å². The minimum atomic E-state index is -0.184. The summed E-state index contributed by atoms with van der Waals surface area (Å²) in [5.41, 5.74) is 1.42. The van der Waals surface area contributed by atoms with E-state index in [2.05, 4.69) is 10.3 Å². The first-order valence-electron chi connectivity index (χ1n) is 9.99. The Hall–Kier alpha value is -3.55. The van der Waals surface area contributed by atoms with E-state index in [0.717, 1.165) is 11.3 Å². The molecule has 0 aliphatic heterocycles. The largest absolute Gasteiger partial charge is 0.497 e. The van der Waals surface area contributed by atoms with Crippen molar-refractivity contribution in [2.75, 3.05) is 27.9 Å². The SMILES string of the molecule is COc1ccc(CCC(=O)NCCn2c(C)nc3cc(OC)c(OC)cc3c2=O)cc1. The summed E-state index contributed by atoms with van der Waals surface area (Å²) in [5, 5.41) is 3.31. The molecule has 0 spiro atoms. The Morgan fingerprint density at radius 3 is 2.35 bits per heavy atom. The van der Waals surface area contributed by atoms with Gasteiger partial charge in [0.1, 0.15) is 11.6 Å². The summed E-state index contributed by atoms with van der Waals surface area (Å²) >= 11 is 0. The number of aromatic nitrogens is 2. The maximum absolute atomic E-state index is 13.0. The third kappa shape index (κ3) is 5.14. The average Bonchev–Trinajstić information content (AvgIpc) is 2.79. The van der Waals surface area contributed by atoms with Gasteiger partial charge in [0.2, 0.25) is 5.91 Å². The van der Waals surface area contributed by atoms with Gasteiger partial charge in [-0.2, -0.15) is 0 Å². The third-order valence-electron chi connectivity index (χ3n) is 5.11. The van der Waals surface area contributed by atoms with Gasteiger partial charge in [-0.05, 0) is 37.1 Å². The predicted octanol–water partition coefficient (Wildman–Crippen LogP) is 2.48. The van der Waals surface area contributed by atoms with Crippen LogP contribution < -0.4 is 25.1 Å². The van der Waals surface area contributed by atoms with Crippen LogP contribution in [0.25, 0.3) is 10.9 Å². The molecule has 3 rings (SSSR count). The molecule has 31 heavy (non-hydrogen) atoms. The second-order valence-electron chi connectivity index (χ2n) is 7.04. The first kappa shape index (κ1) is 22.1. The van der Waals surface area contributed by atoms with Crippen LogP contribution in [0, 0.1) is 6.92 Å². The number of carbonyl (C=O) groups is 1. The molecule has 0 saturated heterocycles. The van der Waals surface area contributed by atoms with Crippen LogP contribution in [0.15, 0.2) is 41.2 Å². The van der Waals surface area contributed by atoms with Crippen molar-refractivity contribution >= 4 is 16.8 Å². The van der Waals surface area contributed by atoms with Crippen molar-refractivity contribution in [3.63, 3.8) is 0 Å². The lowest BCUT2D eigenvalue weighted by Gasteiger charge is -2.13. The van der Waals surface area contributed by atoms with Gasteiger partial charge in [-0.25, -0.2) is 4.98 Å². The van der Waals surface area contributed by atoms with Gasteiger partial charge in [0, 0.05) is 25.6 Å². The van der Waals surface area contributed by atoms with Crippen LogP contribution in [0.2, 0.25) is 0 Å². The molecular formula is C23H27N3O5. The molecule has 8 nitrogen and oxygen atoms in total. The van der Waals surface area contributed by atoms with Crippen LogP contribution in [-0.4, -0.2) is 43.3 Å². The van der Waals surface area contributed by atoms with E-state index in [1.807, 2.05) is 24.3 Å². The van der Waals surface area contributed by atoms with Crippen molar-refractivity contribution in [2.45, 2.75) is 26.3 Å². The average molecular weight is 425 g/mol. The van der Waals surface area contributed by atoms with Crippen molar-refractivity contribution < 1.29 is 19.0 Å². The second-order valence-corrected chi connectivity index (χ2v) is 7.04. The number of nitrogens with zero attached hydrogens (tertiary/aromatic N) is 2. The maximum atomic E-state index is 13.0. The molecule has 164 valence electrons. The molecule has 0 aliphatic rings. The number of carbonyl (C=O) groups excluding carboxylic acids is 1. The second kappa shape index (κ2) is 9.97. The molecule has 0 fully saturated rings. The Morgan fingerprint density at radius 1 is 1.03 bits per heavy atom. The highest BCUT2D eigenvalue weighted by atomic mass is 16.5. The van der Waals surface area contributed by atoms with Crippen LogP contribution in [0.3, 0.4) is 0 Å². The minimum absolute atomic E-state index is 0.0679. The number of methoxy groups -OCH3 is 3. The summed E-state index contributed by atoms with van der Waals surface area (Å²) in [7, 11) is 4.67. The highest BCUT2D eigenvalue weighted by molar-refractivity contribution is 5.82. The molecule has 0 unspecified atom stereocenters. The van der Waals surface area contributed by atoms with Crippen molar-refractivity contribution in [1.82, 2.24) is 14.9 Å². The fraction of sp³-hybridized carbons (Fsp3) is 0.348. The standard InChI is InChI=1S/C23H27N3O5/c1-15-25-19-14-21(31-4)20(30-3)13-18(19)23(28)26(15)12-11-24-22(27)10-7-16-5-8-17(29-2)9-6-16/h5-6,8-9,13-14H,7,10-12H2,1-4H3,(H,24,27).